The van der Waals surface area contributed by atoms with Crippen LogP contribution in [0.15, 0.2) is 0 Å². The van der Waals surface area contributed by atoms with Gasteiger partial charge in [0.25, 0.3) is 0 Å². The molecule has 11 nitrogen and oxygen atoms in total. The molecule has 1 aromatic rings. The topological polar surface area (TPSA) is 212 Å². The standard InChI is InChI=1S/C4H7N5.2CH4.2H3O3PS/c1-2-7-3(5)9-4(6)8-2;;;2*1-4(2,3)5/h1H3,(H4,5,6,7,8,9);2*1H4;2*(H3,1,2,3,5). The Labute approximate surface area is 132 Å². The molecule has 0 bridgehead atoms. The Balaban J connectivity index is -0.000000106. The summed E-state index contributed by atoms with van der Waals surface area (Å²) in [4.78, 5) is 56.3. The van der Waals surface area contributed by atoms with E-state index < -0.39 is 13.4 Å². The van der Waals surface area contributed by atoms with Gasteiger partial charge in [0.2, 0.25) is 11.9 Å². The van der Waals surface area contributed by atoms with Gasteiger partial charge in [0.15, 0.2) is 0 Å². The van der Waals surface area contributed by atoms with E-state index in [9.17, 15) is 0 Å². The quantitative estimate of drug-likeness (QED) is 0.252. The van der Waals surface area contributed by atoms with Crippen molar-refractivity contribution >= 4 is 48.9 Å². The van der Waals surface area contributed by atoms with E-state index in [0.717, 1.165) is 0 Å². The van der Waals surface area contributed by atoms with Crippen molar-refractivity contribution in [1.82, 2.24) is 15.0 Å². The van der Waals surface area contributed by atoms with Gasteiger partial charge in [-0.15, -0.1) is 0 Å². The molecule has 1 aromatic heterocycles. The van der Waals surface area contributed by atoms with Crippen LogP contribution in [0.2, 0.25) is 0 Å². The smallest absolute Gasteiger partial charge is 0.319 e. The van der Waals surface area contributed by atoms with E-state index in [1.165, 1.54) is 0 Å². The highest BCUT2D eigenvalue weighted by atomic mass is 32.5. The fourth-order valence-electron chi connectivity index (χ4n) is 0.524. The molecule has 0 aliphatic rings. The third-order valence-corrected chi connectivity index (χ3v) is 0.782. The van der Waals surface area contributed by atoms with E-state index in [4.69, 9.17) is 40.8 Å². The Morgan fingerprint density at radius 2 is 0.952 bits per heavy atom. The normalized spacial score (nSPS) is 9.67. The second-order valence-electron chi connectivity index (χ2n) is 2.63. The molecule has 10 N–H and O–H groups in total. The fourth-order valence-corrected chi connectivity index (χ4v) is 0.524. The van der Waals surface area contributed by atoms with Crippen LogP contribution in [0, 0.1) is 6.92 Å². The molecule has 1 heterocycles. The lowest BCUT2D eigenvalue weighted by atomic mass is 10.7. The first-order valence-corrected chi connectivity index (χ1v) is 9.31. The molecule has 1 rings (SSSR count). The zero-order valence-corrected chi connectivity index (χ0v) is 12.8. The molecular weight excluding hydrogens is 364 g/mol. The molecule has 0 saturated carbocycles. The van der Waals surface area contributed by atoms with Crippen LogP contribution in [-0.4, -0.2) is 44.3 Å². The van der Waals surface area contributed by atoms with Gasteiger partial charge in [-0.2, -0.15) is 15.0 Å². The SMILES string of the molecule is C.C.Cc1nc(N)nc(N)n1.OP(O)(O)=S.OP(O)(O)=S. The average molecular weight is 385 g/mol. The van der Waals surface area contributed by atoms with Gasteiger partial charge in [-0.05, 0) is 30.5 Å². The first-order valence-electron chi connectivity index (χ1n) is 3.98. The molecule has 0 spiro atoms. The van der Waals surface area contributed by atoms with Crippen molar-refractivity contribution in [3.8, 4) is 0 Å². The lowest BCUT2D eigenvalue weighted by molar-refractivity contribution is 0.361. The van der Waals surface area contributed by atoms with Crippen LogP contribution in [0.3, 0.4) is 0 Å². The van der Waals surface area contributed by atoms with Crippen LogP contribution in [0.5, 0.6) is 0 Å². The van der Waals surface area contributed by atoms with Crippen molar-refractivity contribution in [2.75, 3.05) is 11.5 Å². The zero-order chi connectivity index (χ0) is 15.9. The summed E-state index contributed by atoms with van der Waals surface area (Å²) in [6.45, 7) is -5.91. The Morgan fingerprint density at radius 1 is 0.762 bits per heavy atom. The number of nitrogens with zero attached hydrogens (tertiary/aromatic N) is 3. The number of aromatic nitrogens is 3. The van der Waals surface area contributed by atoms with Gasteiger partial charge in [0.1, 0.15) is 5.82 Å². The van der Waals surface area contributed by atoms with Crippen molar-refractivity contribution < 1.29 is 29.4 Å². The van der Waals surface area contributed by atoms with Crippen molar-refractivity contribution in [2.24, 2.45) is 0 Å². The highest BCUT2D eigenvalue weighted by molar-refractivity contribution is 8.06. The molecule has 0 unspecified atom stereocenters. The maximum Gasteiger partial charge on any atom is 0.319 e. The molecule has 0 saturated heterocycles. The van der Waals surface area contributed by atoms with Crippen molar-refractivity contribution in [2.45, 2.75) is 21.8 Å². The third-order valence-electron chi connectivity index (χ3n) is 0.782. The van der Waals surface area contributed by atoms with Crippen molar-refractivity contribution in [3.63, 3.8) is 0 Å². The minimum absolute atomic E-state index is 0. The summed E-state index contributed by atoms with van der Waals surface area (Å²) >= 11 is 7.21. The van der Waals surface area contributed by atoms with E-state index in [1.54, 1.807) is 6.92 Å². The molecular formula is C6H21N5O6P2S2. The maximum absolute atomic E-state index is 7.56. The van der Waals surface area contributed by atoms with Crippen molar-refractivity contribution in [1.29, 1.82) is 0 Å². The summed E-state index contributed by atoms with van der Waals surface area (Å²) < 4.78 is 0. The van der Waals surface area contributed by atoms with Gasteiger partial charge in [-0.1, -0.05) is 14.9 Å². The number of rotatable bonds is 0. The maximum atomic E-state index is 7.56. The van der Waals surface area contributed by atoms with Gasteiger partial charge >= 0.3 is 13.4 Å². The fraction of sp³-hybridized carbons (Fsp3) is 0.500. The van der Waals surface area contributed by atoms with Gasteiger partial charge in [0, 0.05) is 0 Å². The summed E-state index contributed by atoms with van der Waals surface area (Å²) in [6.07, 6.45) is 0. The van der Waals surface area contributed by atoms with Gasteiger partial charge in [-0.3, -0.25) is 0 Å². The first-order chi connectivity index (χ1) is 8.18. The minimum atomic E-state index is -3.81. The third kappa shape index (κ3) is 45.1. The second kappa shape index (κ2) is 12.2. The van der Waals surface area contributed by atoms with Gasteiger partial charge in [0.05, 0.1) is 0 Å². The summed E-state index contributed by atoms with van der Waals surface area (Å²) in [5.41, 5.74) is 10.4. The van der Waals surface area contributed by atoms with Crippen LogP contribution in [0.4, 0.5) is 11.9 Å². The van der Waals surface area contributed by atoms with Crippen LogP contribution in [-0.2, 0) is 23.6 Å². The Hall–Kier alpha value is -0.330. The van der Waals surface area contributed by atoms with E-state index in [-0.39, 0.29) is 26.7 Å². The van der Waals surface area contributed by atoms with Crippen LogP contribution >= 0.6 is 13.4 Å². The lowest BCUT2D eigenvalue weighted by Crippen LogP contribution is -2.03. The molecule has 0 amide bonds. The molecule has 0 aliphatic carbocycles. The molecule has 0 fully saturated rings. The minimum Gasteiger partial charge on any atom is -0.368 e. The largest absolute Gasteiger partial charge is 0.368 e. The predicted octanol–water partition coefficient (Wildman–Crippen LogP) is -1.01. The number of nitrogen functional groups attached to an aromatic ring is 2. The molecule has 15 heteroatoms. The molecule has 0 aromatic carbocycles. The predicted molar refractivity (Wildman–Crippen MR) is 88.7 cm³/mol. The number of nitrogens with two attached hydrogens (primary N) is 2. The van der Waals surface area contributed by atoms with Gasteiger partial charge < -0.3 is 40.8 Å². The summed E-state index contributed by atoms with van der Waals surface area (Å²) in [5, 5.41) is 0. The average Bonchev–Trinajstić information content (AvgIpc) is 1.91. The summed E-state index contributed by atoms with van der Waals surface area (Å²) in [6, 6.07) is 0. The Kier molecular flexibility index (Phi) is 16.8. The van der Waals surface area contributed by atoms with E-state index in [1.807, 2.05) is 0 Å². The number of aryl methyl sites for hydroxylation is 1. The number of hydrogen-bond donors (Lipinski definition) is 8. The number of anilines is 2. The first kappa shape index (κ1) is 28.8. The molecule has 0 aliphatic heterocycles. The van der Waals surface area contributed by atoms with E-state index in [0.29, 0.717) is 5.82 Å². The lowest BCUT2D eigenvalue weighted by Gasteiger charge is -1.93. The molecule has 0 radical (unpaired) electrons. The van der Waals surface area contributed by atoms with E-state index in [2.05, 4.69) is 38.6 Å². The Morgan fingerprint density at radius 3 is 1.10 bits per heavy atom. The van der Waals surface area contributed by atoms with Crippen LogP contribution in [0.25, 0.3) is 0 Å². The second-order valence-corrected chi connectivity index (χ2v) is 7.62. The monoisotopic (exact) mass is 385 g/mol. The number of hydrogen-bond acceptors (Lipinski definition) is 7. The summed E-state index contributed by atoms with van der Waals surface area (Å²) in [7, 11) is 0. The molecule has 0 atom stereocenters. The van der Waals surface area contributed by atoms with Crippen molar-refractivity contribution in [3.05, 3.63) is 5.82 Å². The van der Waals surface area contributed by atoms with E-state index >= 15 is 0 Å². The highest BCUT2D eigenvalue weighted by Gasteiger charge is 1.93. The zero-order valence-electron chi connectivity index (χ0n) is 9.39. The molecule has 128 valence electrons. The summed E-state index contributed by atoms with van der Waals surface area (Å²) in [5.74, 6) is 0.875. The van der Waals surface area contributed by atoms with Crippen LogP contribution < -0.4 is 11.5 Å². The highest BCUT2D eigenvalue weighted by Crippen LogP contribution is 2.26. The van der Waals surface area contributed by atoms with Gasteiger partial charge in [-0.25, -0.2) is 0 Å². The molecule has 21 heavy (non-hydrogen) atoms. The van der Waals surface area contributed by atoms with Crippen LogP contribution in [0.1, 0.15) is 20.7 Å². The Bertz CT molecular complexity index is 408.